The van der Waals surface area contributed by atoms with Crippen LogP contribution < -0.4 is 4.74 Å². The molecule has 2 aromatic carbocycles. The second kappa shape index (κ2) is 12.8. The molecule has 0 saturated heterocycles. The minimum absolute atomic E-state index is 0.638. The SMILES string of the molecule is CCCCCCCc1ccc(C=C(C#N)c2ccccc2OCCCC)cc1. The molecule has 0 bridgehead atoms. The van der Waals surface area contributed by atoms with Crippen molar-refractivity contribution < 1.29 is 4.74 Å². The van der Waals surface area contributed by atoms with Crippen molar-refractivity contribution in [3.8, 4) is 11.8 Å². The van der Waals surface area contributed by atoms with Gasteiger partial charge >= 0.3 is 0 Å². The zero-order chi connectivity index (χ0) is 20.0. The molecule has 0 aliphatic heterocycles. The Balaban J connectivity index is 2.05. The maximum Gasteiger partial charge on any atom is 0.127 e. The Kier molecular flexibility index (Phi) is 9.94. The molecule has 0 heterocycles. The van der Waals surface area contributed by atoms with Crippen LogP contribution in [0.4, 0.5) is 0 Å². The second-order valence-electron chi connectivity index (χ2n) is 7.27. The molecule has 0 aliphatic carbocycles. The molecule has 0 saturated carbocycles. The van der Waals surface area contributed by atoms with Crippen molar-refractivity contribution in [1.29, 1.82) is 5.26 Å². The summed E-state index contributed by atoms with van der Waals surface area (Å²) in [6.45, 7) is 5.07. The largest absolute Gasteiger partial charge is 0.493 e. The van der Waals surface area contributed by atoms with Gasteiger partial charge in [0.1, 0.15) is 5.75 Å². The summed E-state index contributed by atoms with van der Waals surface area (Å²) in [6, 6.07) is 18.7. The van der Waals surface area contributed by atoms with Gasteiger partial charge in [0.15, 0.2) is 0 Å². The summed E-state index contributed by atoms with van der Waals surface area (Å²) in [5, 5.41) is 9.70. The van der Waals surface area contributed by atoms with Crippen molar-refractivity contribution in [3.63, 3.8) is 0 Å². The number of rotatable bonds is 12. The van der Waals surface area contributed by atoms with E-state index in [9.17, 15) is 5.26 Å². The van der Waals surface area contributed by atoms with E-state index in [1.807, 2.05) is 30.3 Å². The molecule has 28 heavy (non-hydrogen) atoms. The van der Waals surface area contributed by atoms with Crippen molar-refractivity contribution in [2.24, 2.45) is 0 Å². The first-order valence-corrected chi connectivity index (χ1v) is 10.7. The molecular formula is C26H33NO. The molecule has 0 unspecified atom stereocenters. The molecule has 0 amide bonds. The molecule has 2 aromatic rings. The van der Waals surface area contributed by atoms with Crippen LogP contribution in [-0.4, -0.2) is 6.61 Å². The Morgan fingerprint density at radius 2 is 1.61 bits per heavy atom. The van der Waals surface area contributed by atoms with Gasteiger partial charge in [0, 0.05) is 5.56 Å². The summed E-state index contributed by atoms with van der Waals surface area (Å²) in [4.78, 5) is 0. The molecule has 2 rings (SSSR count). The fourth-order valence-electron chi connectivity index (χ4n) is 3.19. The summed E-state index contributed by atoms with van der Waals surface area (Å²) in [7, 11) is 0. The van der Waals surface area contributed by atoms with Crippen LogP contribution in [0.3, 0.4) is 0 Å². The van der Waals surface area contributed by atoms with Crippen molar-refractivity contribution in [3.05, 3.63) is 65.2 Å². The van der Waals surface area contributed by atoms with Gasteiger partial charge in [0.2, 0.25) is 0 Å². The lowest BCUT2D eigenvalue weighted by Crippen LogP contribution is -1.99. The monoisotopic (exact) mass is 375 g/mol. The summed E-state index contributed by atoms with van der Waals surface area (Å²) < 4.78 is 5.90. The number of unbranched alkanes of at least 4 members (excludes halogenated alkanes) is 5. The number of para-hydroxylation sites is 1. The van der Waals surface area contributed by atoms with Crippen LogP contribution in [0.5, 0.6) is 5.75 Å². The highest BCUT2D eigenvalue weighted by Gasteiger charge is 2.08. The van der Waals surface area contributed by atoms with Gasteiger partial charge in [-0.1, -0.05) is 82.3 Å². The average Bonchev–Trinajstić information content (AvgIpc) is 2.73. The smallest absolute Gasteiger partial charge is 0.127 e. The number of hydrogen-bond donors (Lipinski definition) is 0. The highest BCUT2D eigenvalue weighted by atomic mass is 16.5. The third-order valence-corrected chi connectivity index (χ3v) is 4.91. The van der Waals surface area contributed by atoms with E-state index >= 15 is 0 Å². The molecule has 0 aromatic heterocycles. The lowest BCUT2D eigenvalue weighted by molar-refractivity contribution is 0.308. The summed E-state index contributed by atoms with van der Waals surface area (Å²) in [5.41, 5.74) is 3.92. The first-order valence-electron chi connectivity index (χ1n) is 10.7. The van der Waals surface area contributed by atoms with E-state index in [-0.39, 0.29) is 0 Å². The molecule has 2 nitrogen and oxygen atoms in total. The van der Waals surface area contributed by atoms with Gasteiger partial charge in [-0.3, -0.25) is 0 Å². The molecule has 2 heteroatoms. The number of aryl methyl sites for hydroxylation is 1. The number of allylic oxidation sites excluding steroid dienone is 1. The Hall–Kier alpha value is -2.53. The van der Waals surface area contributed by atoms with Crippen LogP contribution in [-0.2, 0) is 6.42 Å². The highest BCUT2D eigenvalue weighted by Crippen LogP contribution is 2.27. The molecule has 0 aliphatic rings. The van der Waals surface area contributed by atoms with Crippen LogP contribution in [0.2, 0.25) is 0 Å². The number of nitriles is 1. The van der Waals surface area contributed by atoms with E-state index in [0.717, 1.165) is 36.1 Å². The van der Waals surface area contributed by atoms with Crippen molar-refractivity contribution >= 4 is 11.6 Å². The Morgan fingerprint density at radius 3 is 2.32 bits per heavy atom. The Labute approximate surface area is 170 Å². The van der Waals surface area contributed by atoms with E-state index in [0.29, 0.717) is 12.2 Å². The molecule has 0 N–H and O–H groups in total. The van der Waals surface area contributed by atoms with Gasteiger partial charge in [0.05, 0.1) is 18.2 Å². The maximum absolute atomic E-state index is 9.70. The molecule has 0 spiro atoms. The normalized spacial score (nSPS) is 11.2. The average molecular weight is 376 g/mol. The summed E-state index contributed by atoms with van der Waals surface area (Å²) in [6.07, 6.45) is 11.7. The van der Waals surface area contributed by atoms with E-state index in [1.165, 1.54) is 37.7 Å². The minimum atomic E-state index is 0.638. The van der Waals surface area contributed by atoms with Gasteiger partial charge in [-0.15, -0.1) is 0 Å². The Morgan fingerprint density at radius 1 is 0.893 bits per heavy atom. The predicted octanol–water partition coefficient (Wildman–Crippen LogP) is 7.44. The number of hydrogen-bond acceptors (Lipinski definition) is 2. The molecule has 148 valence electrons. The third kappa shape index (κ3) is 7.24. The second-order valence-corrected chi connectivity index (χ2v) is 7.27. The van der Waals surface area contributed by atoms with Crippen molar-refractivity contribution in [2.75, 3.05) is 6.61 Å². The minimum Gasteiger partial charge on any atom is -0.493 e. The van der Waals surface area contributed by atoms with Crippen molar-refractivity contribution in [1.82, 2.24) is 0 Å². The standard InChI is InChI=1S/C26H33NO/c1-3-5-7-8-9-12-22-15-17-23(18-16-22)20-24(21-27)25-13-10-11-14-26(25)28-19-6-4-2/h10-11,13-18,20H,3-9,12,19H2,1-2H3. The fourth-order valence-corrected chi connectivity index (χ4v) is 3.19. The van der Waals surface area contributed by atoms with E-state index in [1.54, 1.807) is 0 Å². The quantitative estimate of drug-likeness (QED) is 0.219. The van der Waals surface area contributed by atoms with E-state index in [4.69, 9.17) is 4.74 Å². The number of ether oxygens (including phenoxy) is 1. The zero-order valence-corrected chi connectivity index (χ0v) is 17.4. The highest BCUT2D eigenvalue weighted by molar-refractivity contribution is 5.91. The predicted molar refractivity (Wildman–Crippen MR) is 119 cm³/mol. The van der Waals surface area contributed by atoms with Gasteiger partial charge in [-0.2, -0.15) is 5.26 Å². The zero-order valence-electron chi connectivity index (χ0n) is 17.4. The number of benzene rings is 2. The Bertz CT molecular complexity index is 768. The summed E-state index contributed by atoms with van der Waals surface area (Å²) in [5.74, 6) is 0.785. The maximum atomic E-state index is 9.70. The third-order valence-electron chi connectivity index (χ3n) is 4.91. The van der Waals surface area contributed by atoms with Gasteiger partial charge in [-0.25, -0.2) is 0 Å². The van der Waals surface area contributed by atoms with Crippen LogP contribution in [0, 0.1) is 11.3 Å². The van der Waals surface area contributed by atoms with Gasteiger partial charge in [-0.05, 0) is 48.6 Å². The molecular weight excluding hydrogens is 342 g/mol. The fraction of sp³-hybridized carbons (Fsp3) is 0.423. The van der Waals surface area contributed by atoms with E-state index < -0.39 is 0 Å². The number of nitrogens with zero attached hydrogens (tertiary/aromatic N) is 1. The van der Waals surface area contributed by atoms with Gasteiger partial charge in [0.25, 0.3) is 0 Å². The van der Waals surface area contributed by atoms with Crippen LogP contribution >= 0.6 is 0 Å². The van der Waals surface area contributed by atoms with Crippen LogP contribution in [0.15, 0.2) is 48.5 Å². The first kappa shape index (κ1) is 21.8. The lowest BCUT2D eigenvalue weighted by atomic mass is 10.0. The molecule has 0 atom stereocenters. The van der Waals surface area contributed by atoms with Crippen LogP contribution in [0.1, 0.15) is 75.5 Å². The molecule has 0 fully saturated rings. The van der Waals surface area contributed by atoms with Crippen LogP contribution in [0.25, 0.3) is 11.6 Å². The van der Waals surface area contributed by atoms with E-state index in [2.05, 4.69) is 44.2 Å². The topological polar surface area (TPSA) is 33.0 Å². The lowest BCUT2D eigenvalue weighted by Gasteiger charge is -2.10. The summed E-state index contributed by atoms with van der Waals surface area (Å²) >= 11 is 0. The first-order chi connectivity index (χ1) is 13.8. The van der Waals surface area contributed by atoms with Crippen molar-refractivity contribution in [2.45, 2.75) is 65.2 Å². The van der Waals surface area contributed by atoms with Gasteiger partial charge < -0.3 is 4.74 Å². The molecule has 0 radical (unpaired) electrons.